The van der Waals surface area contributed by atoms with Crippen LogP contribution >= 0.6 is 0 Å². The van der Waals surface area contributed by atoms with Gasteiger partial charge in [-0.05, 0) is 43.5 Å². The van der Waals surface area contributed by atoms with E-state index >= 15 is 0 Å². The van der Waals surface area contributed by atoms with Crippen LogP contribution in [0.25, 0.3) is 0 Å². The molecule has 1 saturated carbocycles. The summed E-state index contributed by atoms with van der Waals surface area (Å²) in [5.74, 6) is 0.632. The SMILES string of the molecule is CN1CCN(S(=O)(=O)N2CCN(C(=O)c3ccc(C4CCCCC4)cc3)CC2)CC1. The molecular weight excluding hydrogens is 400 g/mol. The Kier molecular flexibility index (Phi) is 6.77. The Hall–Kier alpha value is -1.48. The highest BCUT2D eigenvalue weighted by Crippen LogP contribution is 2.32. The van der Waals surface area contributed by atoms with Crippen LogP contribution in [-0.2, 0) is 10.2 Å². The summed E-state index contributed by atoms with van der Waals surface area (Å²) in [6, 6.07) is 8.11. The zero-order valence-corrected chi connectivity index (χ0v) is 18.8. The number of nitrogens with zero attached hydrogens (tertiary/aromatic N) is 4. The van der Waals surface area contributed by atoms with Gasteiger partial charge in [-0.25, -0.2) is 0 Å². The maximum atomic E-state index is 12.9. The number of likely N-dealkylation sites (N-methyl/N-ethyl adjacent to an activating group) is 1. The van der Waals surface area contributed by atoms with E-state index in [0.29, 0.717) is 50.7 Å². The third-order valence-corrected chi connectivity index (χ3v) is 8.91. The van der Waals surface area contributed by atoms with Gasteiger partial charge in [0.15, 0.2) is 0 Å². The second-order valence-corrected chi connectivity index (χ2v) is 10.8. The maximum absolute atomic E-state index is 12.9. The molecule has 0 radical (unpaired) electrons. The van der Waals surface area contributed by atoms with Crippen LogP contribution in [0.2, 0.25) is 0 Å². The van der Waals surface area contributed by atoms with Gasteiger partial charge in [0.05, 0.1) is 0 Å². The van der Waals surface area contributed by atoms with Gasteiger partial charge in [0, 0.05) is 57.9 Å². The number of hydrogen-bond acceptors (Lipinski definition) is 4. The summed E-state index contributed by atoms with van der Waals surface area (Å²) in [4.78, 5) is 16.8. The molecule has 0 aromatic heterocycles. The molecule has 2 aliphatic heterocycles. The Bertz CT molecular complexity index is 820. The van der Waals surface area contributed by atoms with Crippen LogP contribution in [0.4, 0.5) is 0 Å². The molecule has 3 fully saturated rings. The van der Waals surface area contributed by atoms with E-state index in [-0.39, 0.29) is 5.91 Å². The largest absolute Gasteiger partial charge is 0.336 e. The molecule has 1 aromatic rings. The van der Waals surface area contributed by atoms with E-state index in [9.17, 15) is 13.2 Å². The van der Waals surface area contributed by atoms with Gasteiger partial charge < -0.3 is 9.80 Å². The highest BCUT2D eigenvalue weighted by Gasteiger charge is 2.34. The fourth-order valence-corrected chi connectivity index (χ4v) is 6.40. The van der Waals surface area contributed by atoms with Crippen molar-refractivity contribution in [3.63, 3.8) is 0 Å². The van der Waals surface area contributed by atoms with Crippen LogP contribution < -0.4 is 0 Å². The molecule has 4 rings (SSSR count). The van der Waals surface area contributed by atoms with Crippen molar-refractivity contribution in [3.8, 4) is 0 Å². The molecule has 2 heterocycles. The van der Waals surface area contributed by atoms with E-state index in [4.69, 9.17) is 0 Å². The molecule has 30 heavy (non-hydrogen) atoms. The molecule has 3 aliphatic rings. The van der Waals surface area contributed by atoms with Crippen molar-refractivity contribution in [2.24, 2.45) is 0 Å². The number of carbonyl (C=O) groups excluding carboxylic acids is 1. The van der Waals surface area contributed by atoms with Crippen LogP contribution in [0.5, 0.6) is 0 Å². The molecule has 166 valence electrons. The van der Waals surface area contributed by atoms with Crippen LogP contribution in [0.15, 0.2) is 24.3 Å². The van der Waals surface area contributed by atoms with Crippen molar-refractivity contribution in [1.29, 1.82) is 0 Å². The Morgan fingerprint density at radius 3 is 1.90 bits per heavy atom. The van der Waals surface area contributed by atoms with Gasteiger partial charge >= 0.3 is 0 Å². The molecule has 1 amide bonds. The minimum Gasteiger partial charge on any atom is -0.336 e. The summed E-state index contributed by atoms with van der Waals surface area (Å²) in [5, 5.41) is 0. The van der Waals surface area contributed by atoms with E-state index in [1.54, 1.807) is 9.21 Å². The zero-order chi connectivity index (χ0) is 21.1. The number of amides is 1. The zero-order valence-electron chi connectivity index (χ0n) is 18.0. The molecule has 0 bridgehead atoms. The topological polar surface area (TPSA) is 64.2 Å². The first kappa shape index (κ1) is 21.7. The molecule has 8 heteroatoms. The quantitative estimate of drug-likeness (QED) is 0.727. The summed E-state index contributed by atoms with van der Waals surface area (Å²) in [7, 11) is -1.43. The highest BCUT2D eigenvalue weighted by atomic mass is 32.2. The van der Waals surface area contributed by atoms with Gasteiger partial charge in [-0.15, -0.1) is 0 Å². The van der Waals surface area contributed by atoms with Gasteiger partial charge in [0.25, 0.3) is 16.1 Å². The Morgan fingerprint density at radius 2 is 1.33 bits per heavy atom. The van der Waals surface area contributed by atoms with Crippen molar-refractivity contribution >= 4 is 16.1 Å². The van der Waals surface area contributed by atoms with Gasteiger partial charge in [-0.3, -0.25) is 4.79 Å². The monoisotopic (exact) mass is 434 g/mol. The average molecular weight is 435 g/mol. The summed E-state index contributed by atoms with van der Waals surface area (Å²) in [6.45, 7) is 4.19. The van der Waals surface area contributed by atoms with Crippen LogP contribution in [0.1, 0.15) is 53.9 Å². The summed E-state index contributed by atoms with van der Waals surface area (Å²) >= 11 is 0. The van der Waals surface area contributed by atoms with Crippen LogP contribution in [0, 0.1) is 0 Å². The molecular formula is C22H34N4O3S. The molecule has 1 aromatic carbocycles. The Balaban J connectivity index is 1.33. The van der Waals surface area contributed by atoms with Gasteiger partial charge in [0.1, 0.15) is 0 Å². The minimum absolute atomic E-state index is 0.00170. The second kappa shape index (κ2) is 9.34. The summed E-state index contributed by atoms with van der Waals surface area (Å²) < 4.78 is 28.9. The summed E-state index contributed by atoms with van der Waals surface area (Å²) in [5.41, 5.74) is 2.04. The van der Waals surface area contributed by atoms with E-state index in [0.717, 1.165) is 13.1 Å². The number of rotatable bonds is 4. The molecule has 0 N–H and O–H groups in total. The Labute approximate surface area is 180 Å². The van der Waals surface area contributed by atoms with Crippen LogP contribution in [0.3, 0.4) is 0 Å². The standard InChI is InChI=1S/C22H34N4O3S/c1-23-11-15-25(16-12-23)30(28,29)26-17-13-24(14-18-26)22(27)21-9-7-20(8-10-21)19-5-3-2-4-6-19/h7-10,19H,2-6,11-18H2,1H3. The second-order valence-electron chi connectivity index (χ2n) is 8.86. The molecule has 0 atom stereocenters. The Morgan fingerprint density at radius 1 is 0.800 bits per heavy atom. The normalized spacial score (nSPS) is 23.6. The number of hydrogen-bond donors (Lipinski definition) is 0. The lowest BCUT2D eigenvalue weighted by molar-refractivity contribution is 0.0692. The molecule has 2 saturated heterocycles. The summed E-state index contributed by atoms with van der Waals surface area (Å²) in [6.07, 6.45) is 6.43. The lowest BCUT2D eigenvalue weighted by atomic mass is 9.84. The first-order valence-electron chi connectivity index (χ1n) is 11.3. The van der Waals surface area contributed by atoms with E-state index in [1.165, 1.54) is 42.0 Å². The predicted molar refractivity (Wildman–Crippen MR) is 118 cm³/mol. The molecule has 7 nitrogen and oxygen atoms in total. The number of carbonyl (C=O) groups is 1. The average Bonchev–Trinajstić information content (AvgIpc) is 2.80. The van der Waals surface area contributed by atoms with Crippen LogP contribution in [-0.4, -0.2) is 92.1 Å². The minimum atomic E-state index is -3.44. The molecule has 1 aliphatic carbocycles. The first-order chi connectivity index (χ1) is 14.4. The third kappa shape index (κ3) is 4.72. The first-order valence-corrected chi connectivity index (χ1v) is 12.7. The lowest BCUT2D eigenvalue weighted by Gasteiger charge is -2.39. The van der Waals surface area contributed by atoms with E-state index in [1.807, 2.05) is 19.2 Å². The predicted octanol–water partition coefficient (Wildman–Crippen LogP) is 1.98. The van der Waals surface area contributed by atoms with Crippen molar-refractivity contribution in [2.75, 3.05) is 59.4 Å². The number of piperazine rings is 2. The maximum Gasteiger partial charge on any atom is 0.282 e. The van der Waals surface area contributed by atoms with E-state index in [2.05, 4.69) is 17.0 Å². The highest BCUT2D eigenvalue weighted by molar-refractivity contribution is 7.86. The van der Waals surface area contributed by atoms with E-state index < -0.39 is 10.2 Å². The third-order valence-electron chi connectivity index (χ3n) is 6.87. The lowest BCUT2D eigenvalue weighted by Crippen LogP contribution is -2.57. The molecule has 0 spiro atoms. The fraction of sp³-hybridized carbons (Fsp3) is 0.682. The van der Waals surface area contributed by atoms with Gasteiger partial charge in [-0.1, -0.05) is 31.4 Å². The van der Waals surface area contributed by atoms with Crippen molar-refractivity contribution < 1.29 is 13.2 Å². The fourth-order valence-electron chi connectivity index (χ4n) is 4.82. The molecule has 0 unspecified atom stereocenters. The van der Waals surface area contributed by atoms with Crippen molar-refractivity contribution in [3.05, 3.63) is 35.4 Å². The smallest absolute Gasteiger partial charge is 0.282 e. The van der Waals surface area contributed by atoms with Crippen molar-refractivity contribution in [2.45, 2.75) is 38.0 Å². The van der Waals surface area contributed by atoms with Gasteiger partial charge in [-0.2, -0.15) is 17.0 Å². The van der Waals surface area contributed by atoms with Gasteiger partial charge in [0.2, 0.25) is 0 Å². The number of benzene rings is 1. The van der Waals surface area contributed by atoms with Crippen molar-refractivity contribution in [1.82, 2.24) is 18.4 Å².